The van der Waals surface area contributed by atoms with Crippen molar-refractivity contribution in [1.29, 1.82) is 0 Å². The van der Waals surface area contributed by atoms with E-state index in [9.17, 15) is 14.7 Å². The molecule has 3 atom stereocenters. The fourth-order valence-electron chi connectivity index (χ4n) is 4.02. The summed E-state index contributed by atoms with van der Waals surface area (Å²) in [6.07, 6.45) is 3.36. The number of hydrogen-bond donors (Lipinski definition) is 2. The van der Waals surface area contributed by atoms with E-state index in [1.807, 2.05) is 6.92 Å². The number of carbonyl (C=O) groups excluding carboxylic acids is 2. The highest BCUT2D eigenvalue weighted by molar-refractivity contribution is 5.97. The van der Waals surface area contributed by atoms with Gasteiger partial charge in [0.05, 0.1) is 19.2 Å². The zero-order chi connectivity index (χ0) is 26.0. The van der Waals surface area contributed by atoms with Crippen LogP contribution in [0, 0.1) is 37.5 Å². The van der Waals surface area contributed by atoms with Gasteiger partial charge in [-0.3, -0.25) is 4.79 Å². The SMILES string of the molecule is Cc1noc(C)c1NC(=O)N(C)C[C@H]1Oc2ncc(C#CC3CC3)cc2C(=O)N([C@@H](C)CO)C[C@@H]1C. The summed E-state index contributed by atoms with van der Waals surface area (Å²) in [5, 5.41) is 16.5. The molecule has 0 aromatic carbocycles. The van der Waals surface area contributed by atoms with E-state index in [4.69, 9.17) is 9.26 Å². The first-order valence-corrected chi connectivity index (χ1v) is 12.2. The van der Waals surface area contributed by atoms with Crippen molar-refractivity contribution < 1.29 is 24.0 Å². The number of amides is 3. The minimum absolute atomic E-state index is 0.151. The zero-order valence-electron chi connectivity index (χ0n) is 21.4. The lowest BCUT2D eigenvalue weighted by atomic mass is 10.00. The summed E-state index contributed by atoms with van der Waals surface area (Å²) < 4.78 is 11.4. The summed E-state index contributed by atoms with van der Waals surface area (Å²) in [6.45, 7) is 7.66. The van der Waals surface area contributed by atoms with Gasteiger partial charge in [0.1, 0.15) is 23.0 Å². The molecule has 0 unspecified atom stereocenters. The molecular weight excluding hydrogens is 462 g/mol. The summed E-state index contributed by atoms with van der Waals surface area (Å²) in [6, 6.07) is 0.976. The number of aryl methyl sites for hydroxylation is 2. The number of aliphatic hydroxyl groups is 1. The first-order chi connectivity index (χ1) is 17.2. The number of pyridine rings is 1. The molecular formula is C26H33N5O5. The maximum Gasteiger partial charge on any atom is 0.321 e. The van der Waals surface area contributed by atoms with Crippen molar-refractivity contribution >= 4 is 17.6 Å². The van der Waals surface area contributed by atoms with Crippen LogP contribution < -0.4 is 10.1 Å². The van der Waals surface area contributed by atoms with Gasteiger partial charge in [0, 0.05) is 37.2 Å². The number of ether oxygens (including phenoxy) is 1. The molecule has 0 bridgehead atoms. The predicted molar refractivity (Wildman–Crippen MR) is 133 cm³/mol. The standard InChI is InChI=1S/C26H33N5O5/c1-15-12-31(16(2)14-32)25(33)21-10-20(9-8-19-6-7-19)11-27-24(21)35-22(15)13-30(5)26(34)28-23-17(3)29-36-18(23)4/h10-11,15-16,19,22,32H,6-7,12-14H2,1-5H3,(H,28,34)/t15-,16-,22+/m0/s1. The number of hydrogen-bond acceptors (Lipinski definition) is 7. The molecule has 2 N–H and O–H groups in total. The van der Waals surface area contributed by atoms with Crippen molar-refractivity contribution in [2.45, 2.75) is 52.7 Å². The maximum absolute atomic E-state index is 13.5. The maximum atomic E-state index is 13.5. The number of carbonyl (C=O) groups is 2. The summed E-state index contributed by atoms with van der Waals surface area (Å²) in [5.41, 5.74) is 2.09. The third kappa shape index (κ3) is 5.62. The molecule has 2 aromatic rings. The van der Waals surface area contributed by atoms with Crippen LogP contribution in [-0.2, 0) is 0 Å². The minimum Gasteiger partial charge on any atom is -0.472 e. The average Bonchev–Trinajstić information content (AvgIpc) is 3.65. The summed E-state index contributed by atoms with van der Waals surface area (Å²) >= 11 is 0. The van der Waals surface area contributed by atoms with E-state index in [1.54, 1.807) is 45.0 Å². The molecule has 0 saturated heterocycles. The van der Waals surface area contributed by atoms with Gasteiger partial charge in [0.25, 0.3) is 5.91 Å². The second-order valence-corrected chi connectivity index (χ2v) is 9.75. The van der Waals surface area contributed by atoms with Crippen LogP contribution in [-0.4, -0.2) is 75.9 Å². The van der Waals surface area contributed by atoms with E-state index in [1.165, 1.54) is 4.90 Å². The molecule has 1 fully saturated rings. The molecule has 2 aliphatic rings. The summed E-state index contributed by atoms with van der Waals surface area (Å²) in [5.74, 6) is 7.02. The predicted octanol–water partition coefficient (Wildman–Crippen LogP) is 2.83. The van der Waals surface area contributed by atoms with Crippen molar-refractivity contribution in [2.24, 2.45) is 11.8 Å². The second kappa shape index (κ2) is 10.6. The lowest BCUT2D eigenvalue weighted by Crippen LogP contribution is -2.50. The number of rotatable bonds is 5. The number of anilines is 1. The number of aromatic nitrogens is 2. The monoisotopic (exact) mass is 495 g/mol. The van der Waals surface area contributed by atoms with Gasteiger partial charge in [-0.25, -0.2) is 9.78 Å². The van der Waals surface area contributed by atoms with E-state index >= 15 is 0 Å². The van der Waals surface area contributed by atoms with E-state index in [-0.39, 0.29) is 36.9 Å². The van der Waals surface area contributed by atoms with E-state index in [2.05, 4.69) is 27.3 Å². The molecule has 192 valence electrons. The van der Waals surface area contributed by atoms with E-state index in [0.29, 0.717) is 40.7 Å². The molecule has 10 nitrogen and oxygen atoms in total. The van der Waals surface area contributed by atoms with Crippen LogP contribution in [0.25, 0.3) is 0 Å². The van der Waals surface area contributed by atoms with Crippen LogP contribution in [0.4, 0.5) is 10.5 Å². The van der Waals surface area contributed by atoms with Crippen LogP contribution in [0.2, 0.25) is 0 Å². The molecule has 0 spiro atoms. The van der Waals surface area contributed by atoms with Gasteiger partial charge < -0.3 is 29.5 Å². The molecule has 10 heteroatoms. The van der Waals surface area contributed by atoms with Crippen LogP contribution in [0.3, 0.4) is 0 Å². The highest BCUT2D eigenvalue weighted by Crippen LogP contribution is 2.29. The molecule has 36 heavy (non-hydrogen) atoms. The Balaban J connectivity index is 1.59. The Labute approximate surface area is 211 Å². The normalized spacial score (nSPS) is 20.3. The number of nitrogens with one attached hydrogen (secondary N) is 1. The number of fused-ring (bicyclic) bond motifs is 1. The quantitative estimate of drug-likeness (QED) is 0.612. The third-order valence-corrected chi connectivity index (χ3v) is 6.58. The van der Waals surface area contributed by atoms with Crippen LogP contribution in [0.5, 0.6) is 5.88 Å². The molecule has 1 saturated carbocycles. The zero-order valence-corrected chi connectivity index (χ0v) is 21.4. The first-order valence-electron chi connectivity index (χ1n) is 12.2. The van der Waals surface area contributed by atoms with Gasteiger partial charge in [-0.1, -0.05) is 23.9 Å². The fraction of sp³-hybridized carbons (Fsp3) is 0.538. The fourth-order valence-corrected chi connectivity index (χ4v) is 4.02. The van der Waals surface area contributed by atoms with Crippen molar-refractivity contribution in [2.75, 3.05) is 32.1 Å². The van der Waals surface area contributed by atoms with E-state index in [0.717, 1.165) is 12.8 Å². The molecule has 3 heterocycles. The van der Waals surface area contributed by atoms with Gasteiger partial charge in [-0.15, -0.1) is 0 Å². The molecule has 1 aliphatic heterocycles. The second-order valence-electron chi connectivity index (χ2n) is 9.75. The number of urea groups is 1. The Morgan fingerprint density at radius 3 is 2.78 bits per heavy atom. The highest BCUT2D eigenvalue weighted by Gasteiger charge is 2.35. The average molecular weight is 496 g/mol. The van der Waals surface area contributed by atoms with Crippen LogP contribution >= 0.6 is 0 Å². The number of likely N-dealkylation sites (N-methyl/N-ethyl adjacent to an activating group) is 1. The van der Waals surface area contributed by atoms with Crippen LogP contribution in [0.15, 0.2) is 16.8 Å². The molecule has 3 amide bonds. The van der Waals surface area contributed by atoms with Crippen molar-refractivity contribution in [1.82, 2.24) is 19.9 Å². The largest absolute Gasteiger partial charge is 0.472 e. The molecule has 2 aromatic heterocycles. The van der Waals surface area contributed by atoms with Crippen molar-refractivity contribution in [3.05, 3.63) is 34.8 Å². The van der Waals surface area contributed by atoms with Gasteiger partial charge >= 0.3 is 6.03 Å². The Morgan fingerprint density at radius 2 is 2.14 bits per heavy atom. The number of aliphatic hydroxyl groups excluding tert-OH is 1. The molecule has 0 radical (unpaired) electrons. The lowest BCUT2D eigenvalue weighted by molar-refractivity contribution is 0.0356. The molecule has 1 aliphatic carbocycles. The van der Waals surface area contributed by atoms with Crippen molar-refractivity contribution in [3.63, 3.8) is 0 Å². The van der Waals surface area contributed by atoms with Gasteiger partial charge in [0.15, 0.2) is 5.76 Å². The topological polar surface area (TPSA) is 121 Å². The first kappa shape index (κ1) is 25.5. The van der Waals surface area contributed by atoms with E-state index < -0.39 is 12.1 Å². The Bertz CT molecular complexity index is 1180. The van der Waals surface area contributed by atoms with Crippen molar-refractivity contribution in [3.8, 4) is 17.7 Å². The van der Waals surface area contributed by atoms with Gasteiger partial charge in [0.2, 0.25) is 5.88 Å². The van der Waals surface area contributed by atoms with Crippen LogP contribution in [0.1, 0.15) is 54.1 Å². The number of nitrogens with zero attached hydrogens (tertiary/aromatic N) is 4. The highest BCUT2D eigenvalue weighted by atomic mass is 16.5. The summed E-state index contributed by atoms with van der Waals surface area (Å²) in [4.78, 5) is 34.0. The smallest absolute Gasteiger partial charge is 0.321 e. The lowest BCUT2D eigenvalue weighted by Gasteiger charge is -2.37. The summed E-state index contributed by atoms with van der Waals surface area (Å²) in [7, 11) is 1.67. The third-order valence-electron chi connectivity index (χ3n) is 6.58. The van der Waals surface area contributed by atoms with Gasteiger partial charge in [-0.2, -0.15) is 0 Å². The van der Waals surface area contributed by atoms with Gasteiger partial charge in [-0.05, 0) is 39.7 Å². The Kier molecular flexibility index (Phi) is 7.50. The molecule has 4 rings (SSSR count). The Morgan fingerprint density at radius 1 is 1.39 bits per heavy atom. The Hall–Kier alpha value is -3.58. The minimum atomic E-state index is -0.457.